The van der Waals surface area contributed by atoms with Crippen molar-refractivity contribution in [3.8, 4) is 0 Å². The monoisotopic (exact) mass is 251 g/mol. The van der Waals surface area contributed by atoms with Gasteiger partial charge < -0.3 is 16.0 Å². The summed E-state index contributed by atoms with van der Waals surface area (Å²) < 4.78 is 0. The lowest BCUT2D eigenvalue weighted by atomic mass is 10.1. The Morgan fingerprint density at radius 1 is 1.39 bits per heavy atom. The Bertz CT molecular complexity index is 433. The number of nitrogens with zero attached hydrogens (tertiary/aromatic N) is 3. The molecule has 0 fully saturated rings. The van der Waals surface area contributed by atoms with Crippen molar-refractivity contribution in [3.63, 3.8) is 0 Å². The van der Waals surface area contributed by atoms with E-state index < -0.39 is 0 Å². The molecular formula is C12H21N5O. The number of likely N-dealkylation sites (N-methyl/N-ethyl adjacent to an activating group) is 2. The molecule has 0 spiro atoms. The van der Waals surface area contributed by atoms with Crippen molar-refractivity contribution < 1.29 is 4.79 Å². The molecule has 0 atom stereocenters. The van der Waals surface area contributed by atoms with Gasteiger partial charge in [-0.1, -0.05) is 0 Å². The van der Waals surface area contributed by atoms with E-state index in [0.717, 1.165) is 16.8 Å². The number of carbonyl (C=O) groups excluding carboxylic acids is 1. The summed E-state index contributed by atoms with van der Waals surface area (Å²) in [7, 11) is 1.81. The molecule has 1 aromatic heterocycles. The third-order valence-electron chi connectivity index (χ3n) is 2.88. The molecule has 0 bridgehead atoms. The fourth-order valence-electron chi connectivity index (χ4n) is 1.74. The molecule has 18 heavy (non-hydrogen) atoms. The average Bonchev–Trinajstić information content (AvgIpc) is 2.32. The first-order chi connectivity index (χ1) is 8.51. The summed E-state index contributed by atoms with van der Waals surface area (Å²) in [5, 5.41) is 11.0. The van der Waals surface area contributed by atoms with E-state index in [1.807, 2.05) is 27.8 Å². The van der Waals surface area contributed by atoms with Gasteiger partial charge in [-0.3, -0.25) is 4.79 Å². The van der Waals surface area contributed by atoms with Crippen LogP contribution in [0.3, 0.4) is 0 Å². The van der Waals surface area contributed by atoms with Crippen LogP contribution < -0.4 is 16.0 Å². The van der Waals surface area contributed by atoms with Crippen LogP contribution >= 0.6 is 0 Å². The van der Waals surface area contributed by atoms with Crippen LogP contribution in [0.4, 0.5) is 5.82 Å². The zero-order valence-corrected chi connectivity index (χ0v) is 11.4. The summed E-state index contributed by atoms with van der Waals surface area (Å²) in [4.78, 5) is 13.3. The molecule has 0 aliphatic carbocycles. The van der Waals surface area contributed by atoms with E-state index in [1.165, 1.54) is 0 Å². The Morgan fingerprint density at radius 2 is 2.06 bits per heavy atom. The van der Waals surface area contributed by atoms with Gasteiger partial charge in [0, 0.05) is 25.7 Å². The first-order valence-electron chi connectivity index (χ1n) is 6.01. The van der Waals surface area contributed by atoms with Crippen LogP contribution in [0.25, 0.3) is 0 Å². The van der Waals surface area contributed by atoms with E-state index >= 15 is 0 Å². The van der Waals surface area contributed by atoms with Gasteiger partial charge in [-0.15, -0.1) is 5.10 Å². The van der Waals surface area contributed by atoms with Crippen LogP contribution in [0.5, 0.6) is 0 Å². The number of hydrogen-bond donors (Lipinski definition) is 2. The standard InChI is InChI=1S/C12H21N5O/c1-5-14-11(18)7-17(4)12-10(6-13)8(2)9(3)15-16-12/h5-7,13H2,1-4H3,(H,14,18). The minimum Gasteiger partial charge on any atom is -0.355 e. The molecule has 3 N–H and O–H groups in total. The van der Waals surface area contributed by atoms with Crippen molar-refractivity contribution in [2.45, 2.75) is 27.3 Å². The van der Waals surface area contributed by atoms with Crippen LogP contribution in [0.1, 0.15) is 23.7 Å². The Hall–Kier alpha value is -1.69. The molecule has 0 unspecified atom stereocenters. The van der Waals surface area contributed by atoms with E-state index in [4.69, 9.17) is 5.73 Å². The fourth-order valence-corrected chi connectivity index (χ4v) is 1.74. The predicted molar refractivity (Wildman–Crippen MR) is 71.4 cm³/mol. The molecule has 1 aromatic rings. The number of aryl methyl sites for hydroxylation is 1. The topological polar surface area (TPSA) is 84.1 Å². The highest BCUT2D eigenvalue weighted by atomic mass is 16.2. The molecule has 1 rings (SSSR count). The highest BCUT2D eigenvalue weighted by Crippen LogP contribution is 2.20. The Kier molecular flexibility index (Phi) is 5.03. The van der Waals surface area contributed by atoms with Gasteiger partial charge in [0.15, 0.2) is 5.82 Å². The summed E-state index contributed by atoms with van der Waals surface area (Å²) in [6.07, 6.45) is 0. The van der Waals surface area contributed by atoms with E-state index in [0.29, 0.717) is 18.9 Å². The SMILES string of the molecule is CCNC(=O)CN(C)c1nnc(C)c(C)c1CN. The van der Waals surface area contributed by atoms with Crippen molar-refractivity contribution in [2.75, 3.05) is 25.0 Å². The van der Waals surface area contributed by atoms with Crippen molar-refractivity contribution >= 4 is 11.7 Å². The molecule has 1 amide bonds. The number of aromatic nitrogens is 2. The number of nitrogens with two attached hydrogens (primary N) is 1. The lowest BCUT2D eigenvalue weighted by Crippen LogP contribution is -2.36. The van der Waals surface area contributed by atoms with Crippen molar-refractivity contribution in [1.29, 1.82) is 0 Å². The minimum atomic E-state index is -0.0389. The van der Waals surface area contributed by atoms with Gasteiger partial charge in [-0.25, -0.2) is 0 Å². The van der Waals surface area contributed by atoms with Crippen molar-refractivity contribution in [2.24, 2.45) is 5.73 Å². The minimum absolute atomic E-state index is 0.0389. The van der Waals surface area contributed by atoms with Gasteiger partial charge in [0.1, 0.15) is 0 Å². The lowest BCUT2D eigenvalue weighted by Gasteiger charge is -2.21. The summed E-state index contributed by atoms with van der Waals surface area (Å²) in [5.41, 5.74) is 8.59. The largest absolute Gasteiger partial charge is 0.355 e. The average molecular weight is 251 g/mol. The number of rotatable bonds is 5. The van der Waals surface area contributed by atoms with Crippen molar-refractivity contribution in [1.82, 2.24) is 15.5 Å². The van der Waals surface area contributed by atoms with Gasteiger partial charge >= 0.3 is 0 Å². The molecule has 0 saturated heterocycles. The zero-order valence-electron chi connectivity index (χ0n) is 11.4. The van der Waals surface area contributed by atoms with Crippen LogP contribution in [0.15, 0.2) is 0 Å². The lowest BCUT2D eigenvalue weighted by molar-refractivity contribution is -0.119. The Balaban J connectivity index is 2.95. The Morgan fingerprint density at radius 3 is 2.61 bits per heavy atom. The number of amides is 1. The second kappa shape index (κ2) is 6.30. The van der Waals surface area contributed by atoms with Gasteiger partial charge in [0.25, 0.3) is 0 Å². The van der Waals surface area contributed by atoms with Crippen molar-refractivity contribution in [3.05, 3.63) is 16.8 Å². The molecule has 100 valence electrons. The summed E-state index contributed by atoms with van der Waals surface area (Å²) in [6, 6.07) is 0. The fraction of sp³-hybridized carbons (Fsp3) is 0.583. The van der Waals surface area contributed by atoms with Crippen LogP contribution in [0.2, 0.25) is 0 Å². The predicted octanol–water partition coefficient (Wildman–Crippen LogP) is 0.124. The van der Waals surface area contributed by atoms with Gasteiger partial charge in [-0.05, 0) is 26.3 Å². The highest BCUT2D eigenvalue weighted by Gasteiger charge is 2.15. The second-order valence-corrected chi connectivity index (χ2v) is 4.23. The molecule has 0 radical (unpaired) electrons. The molecule has 6 nitrogen and oxygen atoms in total. The summed E-state index contributed by atoms with van der Waals surface area (Å²) in [5.74, 6) is 0.634. The molecule has 0 aliphatic heterocycles. The number of nitrogens with one attached hydrogen (secondary N) is 1. The molecule has 0 aromatic carbocycles. The maximum absolute atomic E-state index is 11.5. The van der Waals surface area contributed by atoms with Gasteiger partial charge in [0.2, 0.25) is 5.91 Å². The molecule has 0 saturated carbocycles. The molecule has 6 heteroatoms. The van der Waals surface area contributed by atoms with E-state index in [2.05, 4.69) is 15.5 Å². The van der Waals surface area contributed by atoms with E-state index in [9.17, 15) is 4.79 Å². The Labute approximate surface area is 108 Å². The van der Waals surface area contributed by atoms with Gasteiger partial charge in [0.05, 0.1) is 12.2 Å². The third kappa shape index (κ3) is 3.16. The smallest absolute Gasteiger partial charge is 0.239 e. The highest BCUT2D eigenvalue weighted by molar-refractivity contribution is 5.81. The summed E-state index contributed by atoms with van der Waals surface area (Å²) in [6.45, 7) is 7.01. The van der Waals surface area contributed by atoms with Crippen LogP contribution in [-0.2, 0) is 11.3 Å². The van der Waals surface area contributed by atoms with E-state index in [-0.39, 0.29) is 12.5 Å². The maximum Gasteiger partial charge on any atom is 0.239 e. The number of hydrogen-bond acceptors (Lipinski definition) is 5. The number of carbonyl (C=O) groups is 1. The second-order valence-electron chi connectivity index (χ2n) is 4.23. The third-order valence-corrected chi connectivity index (χ3v) is 2.88. The first-order valence-corrected chi connectivity index (χ1v) is 6.01. The normalized spacial score (nSPS) is 10.3. The van der Waals surface area contributed by atoms with Gasteiger partial charge in [-0.2, -0.15) is 5.10 Å². The molecular weight excluding hydrogens is 230 g/mol. The maximum atomic E-state index is 11.5. The quantitative estimate of drug-likeness (QED) is 0.777. The van der Waals surface area contributed by atoms with E-state index in [1.54, 1.807) is 4.90 Å². The molecule has 0 aliphatic rings. The molecule has 1 heterocycles. The number of anilines is 1. The first kappa shape index (κ1) is 14.4. The zero-order chi connectivity index (χ0) is 13.7. The summed E-state index contributed by atoms with van der Waals surface area (Å²) >= 11 is 0. The van der Waals surface area contributed by atoms with Crippen LogP contribution in [0, 0.1) is 13.8 Å². The van der Waals surface area contributed by atoms with Crippen LogP contribution in [-0.4, -0.2) is 36.2 Å².